The number of hydrogen-bond donors (Lipinski definition) is 1. The van der Waals surface area contributed by atoms with E-state index in [9.17, 15) is 4.79 Å². The first-order valence-electron chi connectivity index (χ1n) is 7.71. The van der Waals surface area contributed by atoms with Crippen LogP contribution in [-0.4, -0.2) is 10.9 Å². The molecule has 0 aliphatic rings. The van der Waals surface area contributed by atoms with Crippen molar-refractivity contribution in [2.45, 2.75) is 47.1 Å². The molecular formula is C18H24N2OS. The zero-order valence-electron chi connectivity index (χ0n) is 13.8. The summed E-state index contributed by atoms with van der Waals surface area (Å²) in [5.74, 6) is 0.484. The van der Waals surface area contributed by atoms with Crippen LogP contribution in [-0.2, 0) is 17.8 Å². The monoisotopic (exact) mass is 316 g/mol. The molecule has 0 fully saturated rings. The lowest BCUT2D eigenvalue weighted by Crippen LogP contribution is -2.23. The first-order chi connectivity index (χ1) is 10.4. The predicted molar refractivity (Wildman–Crippen MR) is 92.1 cm³/mol. The number of nitrogens with one attached hydrogen (secondary N) is 1. The van der Waals surface area contributed by atoms with Crippen LogP contribution in [0.1, 0.15) is 47.0 Å². The zero-order chi connectivity index (χ0) is 16.1. The molecule has 1 heterocycles. The third kappa shape index (κ3) is 4.95. The van der Waals surface area contributed by atoms with E-state index in [0.29, 0.717) is 18.9 Å². The van der Waals surface area contributed by atoms with Crippen LogP contribution in [0.2, 0.25) is 0 Å². The number of aromatic nitrogens is 1. The van der Waals surface area contributed by atoms with Crippen molar-refractivity contribution in [3.05, 3.63) is 51.0 Å². The first kappa shape index (κ1) is 16.7. The van der Waals surface area contributed by atoms with Gasteiger partial charge in [0, 0.05) is 17.7 Å². The number of aryl methyl sites for hydroxylation is 2. The summed E-state index contributed by atoms with van der Waals surface area (Å²) in [6.07, 6.45) is 1.48. The van der Waals surface area contributed by atoms with Gasteiger partial charge in [-0.1, -0.05) is 43.7 Å². The zero-order valence-corrected chi connectivity index (χ0v) is 14.6. The van der Waals surface area contributed by atoms with E-state index in [1.54, 1.807) is 11.3 Å². The maximum atomic E-state index is 11.7. The van der Waals surface area contributed by atoms with Gasteiger partial charge in [-0.25, -0.2) is 4.98 Å². The van der Waals surface area contributed by atoms with Crippen molar-refractivity contribution in [3.8, 4) is 0 Å². The topological polar surface area (TPSA) is 42.0 Å². The van der Waals surface area contributed by atoms with Crippen molar-refractivity contribution >= 4 is 17.2 Å². The molecule has 1 N–H and O–H groups in total. The molecule has 1 aromatic carbocycles. The Morgan fingerprint density at radius 3 is 2.55 bits per heavy atom. The maximum absolute atomic E-state index is 11.7. The highest BCUT2D eigenvalue weighted by Crippen LogP contribution is 2.22. The van der Waals surface area contributed by atoms with E-state index in [0.717, 1.165) is 17.1 Å². The fourth-order valence-electron chi connectivity index (χ4n) is 2.24. The molecule has 0 spiro atoms. The highest BCUT2D eigenvalue weighted by Gasteiger charge is 2.10. The molecule has 2 rings (SSSR count). The van der Waals surface area contributed by atoms with Crippen LogP contribution in [0.25, 0.3) is 0 Å². The third-order valence-corrected chi connectivity index (χ3v) is 4.61. The molecule has 0 unspecified atom stereocenters. The second kappa shape index (κ2) is 7.54. The molecule has 0 radical (unpaired) electrons. The van der Waals surface area contributed by atoms with Gasteiger partial charge in [0.2, 0.25) is 5.91 Å². The van der Waals surface area contributed by atoms with Crippen molar-refractivity contribution in [2.24, 2.45) is 5.92 Å². The van der Waals surface area contributed by atoms with E-state index < -0.39 is 0 Å². The Bertz CT molecular complexity index is 629. The number of carbonyl (C=O) groups is 1. The molecule has 0 aliphatic heterocycles. The number of amides is 1. The number of carbonyl (C=O) groups excluding carboxylic acids is 1. The minimum absolute atomic E-state index is 0.0999. The first-order valence-corrected chi connectivity index (χ1v) is 8.53. The summed E-state index contributed by atoms with van der Waals surface area (Å²) >= 11 is 1.69. The third-order valence-electron chi connectivity index (χ3n) is 3.45. The van der Waals surface area contributed by atoms with E-state index in [-0.39, 0.29) is 5.91 Å². The van der Waals surface area contributed by atoms with Gasteiger partial charge < -0.3 is 5.32 Å². The minimum atomic E-state index is 0.0999. The molecular weight excluding hydrogens is 292 g/mol. The summed E-state index contributed by atoms with van der Waals surface area (Å²) < 4.78 is 0. The van der Waals surface area contributed by atoms with E-state index in [1.807, 2.05) is 20.8 Å². The second-order valence-electron chi connectivity index (χ2n) is 6.15. The molecule has 0 aliphatic carbocycles. The van der Waals surface area contributed by atoms with Crippen LogP contribution in [0.15, 0.2) is 24.3 Å². The van der Waals surface area contributed by atoms with Gasteiger partial charge in [0.15, 0.2) is 0 Å². The lowest BCUT2D eigenvalue weighted by atomic mass is 10.1. The molecule has 1 amide bonds. The average Bonchev–Trinajstić information content (AvgIpc) is 2.79. The average molecular weight is 316 g/mol. The Balaban J connectivity index is 1.96. The number of nitrogens with zero attached hydrogens (tertiary/aromatic N) is 1. The lowest BCUT2D eigenvalue weighted by Gasteiger charge is -2.04. The molecule has 0 bridgehead atoms. The number of rotatable bonds is 6. The number of benzene rings is 1. The predicted octanol–water partition coefficient (Wildman–Crippen LogP) is 4.01. The number of hydrogen-bond acceptors (Lipinski definition) is 3. The van der Waals surface area contributed by atoms with Crippen LogP contribution in [0.3, 0.4) is 0 Å². The Morgan fingerprint density at radius 1 is 1.23 bits per heavy atom. The molecule has 4 heteroatoms. The molecule has 3 nitrogen and oxygen atoms in total. The van der Waals surface area contributed by atoms with Crippen LogP contribution >= 0.6 is 11.3 Å². The Hall–Kier alpha value is -1.68. The molecule has 22 heavy (non-hydrogen) atoms. The fraction of sp³-hybridized carbons (Fsp3) is 0.444. The fourth-order valence-corrected chi connectivity index (χ4v) is 3.28. The van der Waals surface area contributed by atoms with Gasteiger partial charge >= 0.3 is 0 Å². The van der Waals surface area contributed by atoms with E-state index in [2.05, 4.69) is 41.5 Å². The Morgan fingerprint density at radius 2 is 1.91 bits per heavy atom. The van der Waals surface area contributed by atoms with E-state index >= 15 is 0 Å². The van der Waals surface area contributed by atoms with Gasteiger partial charge in [-0.2, -0.15) is 0 Å². The van der Waals surface area contributed by atoms with Gasteiger partial charge in [-0.15, -0.1) is 11.3 Å². The molecule has 0 saturated carbocycles. The summed E-state index contributed by atoms with van der Waals surface area (Å²) in [4.78, 5) is 17.6. The van der Waals surface area contributed by atoms with E-state index in [4.69, 9.17) is 0 Å². The highest BCUT2D eigenvalue weighted by atomic mass is 32.1. The lowest BCUT2D eigenvalue weighted by molar-refractivity contribution is -0.121. The van der Waals surface area contributed by atoms with Gasteiger partial charge in [0.1, 0.15) is 5.01 Å². The largest absolute Gasteiger partial charge is 0.350 e. The minimum Gasteiger partial charge on any atom is -0.350 e. The molecule has 1 aromatic heterocycles. The van der Waals surface area contributed by atoms with Crippen molar-refractivity contribution in [2.75, 3.05) is 0 Å². The van der Waals surface area contributed by atoms with Gasteiger partial charge in [0.25, 0.3) is 0 Å². The molecule has 2 aromatic rings. The van der Waals surface area contributed by atoms with Crippen LogP contribution < -0.4 is 5.32 Å². The highest BCUT2D eigenvalue weighted by molar-refractivity contribution is 7.11. The summed E-state index contributed by atoms with van der Waals surface area (Å²) in [6, 6.07) is 8.61. The summed E-state index contributed by atoms with van der Waals surface area (Å²) in [5, 5.41) is 3.93. The SMILES string of the molecule is Cc1ccc(Cc2sc(CNC(=O)CC(C)C)nc2C)cc1. The van der Waals surface area contributed by atoms with Gasteiger partial charge in [0.05, 0.1) is 12.2 Å². The van der Waals surface area contributed by atoms with Crippen LogP contribution in [0.5, 0.6) is 0 Å². The Labute approximate surface area is 136 Å². The molecule has 0 atom stereocenters. The van der Waals surface area contributed by atoms with Gasteiger partial charge in [-0.3, -0.25) is 4.79 Å². The van der Waals surface area contributed by atoms with E-state index in [1.165, 1.54) is 16.0 Å². The summed E-state index contributed by atoms with van der Waals surface area (Å²) in [6.45, 7) is 8.77. The summed E-state index contributed by atoms with van der Waals surface area (Å²) in [5.41, 5.74) is 3.64. The Kier molecular flexibility index (Phi) is 5.72. The normalized spacial score (nSPS) is 11.0. The van der Waals surface area contributed by atoms with Crippen molar-refractivity contribution in [3.63, 3.8) is 0 Å². The smallest absolute Gasteiger partial charge is 0.220 e. The second-order valence-corrected chi connectivity index (χ2v) is 7.32. The van der Waals surface area contributed by atoms with Crippen molar-refractivity contribution in [1.82, 2.24) is 10.3 Å². The standard InChI is InChI=1S/C18H24N2OS/c1-12(2)9-17(21)19-11-18-20-14(4)16(22-18)10-15-7-5-13(3)6-8-15/h5-8,12H,9-11H2,1-4H3,(H,19,21). The quantitative estimate of drug-likeness (QED) is 0.875. The summed E-state index contributed by atoms with van der Waals surface area (Å²) in [7, 11) is 0. The molecule has 0 saturated heterocycles. The van der Waals surface area contributed by atoms with Gasteiger partial charge in [-0.05, 0) is 25.3 Å². The molecule has 118 valence electrons. The van der Waals surface area contributed by atoms with Crippen molar-refractivity contribution in [1.29, 1.82) is 0 Å². The van der Waals surface area contributed by atoms with Crippen LogP contribution in [0.4, 0.5) is 0 Å². The van der Waals surface area contributed by atoms with Crippen molar-refractivity contribution < 1.29 is 4.79 Å². The van der Waals surface area contributed by atoms with Crippen LogP contribution in [0, 0.1) is 19.8 Å². The number of thiazole rings is 1. The maximum Gasteiger partial charge on any atom is 0.220 e.